The number of rotatable bonds is 3. The van der Waals surface area contributed by atoms with E-state index in [0.29, 0.717) is 19.5 Å². The topological polar surface area (TPSA) is 53.5 Å². The minimum absolute atomic E-state index is 0.376. The van der Waals surface area contributed by atoms with E-state index in [1.807, 2.05) is 42.5 Å². The SMILES string of the molecule is O=S(=O)([C@@H]1CCCN(c2ccccn2)C1)N1CCc2ccccc21. The number of sulfonamides is 1. The molecular weight excluding hydrogens is 322 g/mol. The van der Waals surface area contributed by atoms with Crippen molar-refractivity contribution in [2.45, 2.75) is 24.5 Å². The summed E-state index contributed by atoms with van der Waals surface area (Å²) in [6, 6.07) is 13.6. The van der Waals surface area contributed by atoms with Crippen LogP contribution in [-0.2, 0) is 16.4 Å². The zero-order valence-corrected chi connectivity index (χ0v) is 14.3. The lowest BCUT2D eigenvalue weighted by Crippen LogP contribution is -2.48. The van der Waals surface area contributed by atoms with Crippen molar-refractivity contribution in [3.05, 3.63) is 54.2 Å². The monoisotopic (exact) mass is 343 g/mol. The van der Waals surface area contributed by atoms with E-state index in [1.165, 1.54) is 0 Å². The number of piperidine rings is 1. The molecule has 2 aliphatic rings. The summed E-state index contributed by atoms with van der Waals surface area (Å²) in [5, 5.41) is -0.376. The third-order valence-corrected chi connectivity index (χ3v) is 7.15. The highest BCUT2D eigenvalue weighted by atomic mass is 32.2. The molecule has 0 unspecified atom stereocenters. The molecular formula is C18H21N3O2S. The second-order valence-corrected chi connectivity index (χ2v) is 8.53. The maximum Gasteiger partial charge on any atom is 0.239 e. The molecule has 1 atom stereocenters. The highest BCUT2D eigenvalue weighted by molar-refractivity contribution is 7.93. The van der Waals surface area contributed by atoms with Gasteiger partial charge in [-0.05, 0) is 43.0 Å². The molecule has 3 heterocycles. The number of fused-ring (bicyclic) bond motifs is 1. The maximum atomic E-state index is 13.2. The largest absolute Gasteiger partial charge is 0.355 e. The molecule has 0 amide bonds. The predicted octanol–water partition coefficient (Wildman–Crippen LogP) is 2.44. The van der Waals surface area contributed by atoms with Crippen LogP contribution in [0.15, 0.2) is 48.7 Å². The Morgan fingerprint density at radius 3 is 2.71 bits per heavy atom. The van der Waals surface area contributed by atoms with E-state index < -0.39 is 10.0 Å². The minimum atomic E-state index is -3.35. The molecule has 0 aliphatic carbocycles. The van der Waals surface area contributed by atoms with Gasteiger partial charge < -0.3 is 4.90 Å². The lowest BCUT2D eigenvalue weighted by atomic mass is 10.1. The molecule has 1 fully saturated rings. The van der Waals surface area contributed by atoms with Gasteiger partial charge in [0.05, 0.1) is 10.9 Å². The van der Waals surface area contributed by atoms with Crippen molar-refractivity contribution >= 4 is 21.5 Å². The average Bonchev–Trinajstić information content (AvgIpc) is 3.07. The first kappa shape index (κ1) is 15.4. The van der Waals surface area contributed by atoms with E-state index in [1.54, 1.807) is 10.5 Å². The number of nitrogens with zero attached hydrogens (tertiary/aromatic N) is 3. The summed E-state index contributed by atoms with van der Waals surface area (Å²) < 4.78 is 28.0. The molecule has 1 saturated heterocycles. The van der Waals surface area contributed by atoms with E-state index >= 15 is 0 Å². The van der Waals surface area contributed by atoms with E-state index in [9.17, 15) is 8.42 Å². The van der Waals surface area contributed by atoms with Crippen molar-refractivity contribution in [1.82, 2.24) is 4.98 Å². The van der Waals surface area contributed by atoms with Crippen LogP contribution in [0.2, 0.25) is 0 Å². The van der Waals surface area contributed by atoms with Gasteiger partial charge in [-0.3, -0.25) is 4.31 Å². The van der Waals surface area contributed by atoms with Crippen LogP contribution in [-0.4, -0.2) is 38.3 Å². The highest BCUT2D eigenvalue weighted by Gasteiger charge is 2.38. The number of hydrogen-bond acceptors (Lipinski definition) is 4. The van der Waals surface area contributed by atoms with Crippen LogP contribution in [0.5, 0.6) is 0 Å². The Labute approximate surface area is 143 Å². The summed E-state index contributed by atoms with van der Waals surface area (Å²) in [5.41, 5.74) is 1.98. The van der Waals surface area contributed by atoms with Crippen molar-refractivity contribution < 1.29 is 8.42 Å². The van der Waals surface area contributed by atoms with Crippen molar-refractivity contribution in [3.8, 4) is 0 Å². The number of aromatic nitrogens is 1. The summed E-state index contributed by atoms with van der Waals surface area (Å²) >= 11 is 0. The predicted molar refractivity (Wildman–Crippen MR) is 95.9 cm³/mol. The summed E-state index contributed by atoms with van der Waals surface area (Å²) in [4.78, 5) is 6.46. The maximum absolute atomic E-state index is 13.2. The van der Waals surface area contributed by atoms with Crippen molar-refractivity contribution in [3.63, 3.8) is 0 Å². The Kier molecular flexibility index (Phi) is 3.92. The normalized spacial score (nSPS) is 20.9. The van der Waals surface area contributed by atoms with Gasteiger partial charge >= 0.3 is 0 Å². The molecule has 4 rings (SSSR count). The van der Waals surface area contributed by atoms with Gasteiger partial charge in [-0.15, -0.1) is 0 Å². The average molecular weight is 343 g/mol. The first-order valence-corrected chi connectivity index (χ1v) is 9.92. The lowest BCUT2D eigenvalue weighted by molar-refractivity contribution is 0.527. The van der Waals surface area contributed by atoms with Gasteiger partial charge in [0.15, 0.2) is 0 Å². The van der Waals surface area contributed by atoms with Gasteiger partial charge in [0.2, 0.25) is 10.0 Å². The van der Waals surface area contributed by atoms with E-state index in [4.69, 9.17) is 0 Å². The molecule has 5 nitrogen and oxygen atoms in total. The fraction of sp³-hybridized carbons (Fsp3) is 0.389. The molecule has 0 N–H and O–H groups in total. The second kappa shape index (κ2) is 6.09. The van der Waals surface area contributed by atoms with Gasteiger partial charge in [0.25, 0.3) is 0 Å². The summed E-state index contributed by atoms with van der Waals surface area (Å²) in [6.07, 6.45) is 4.14. The fourth-order valence-electron chi connectivity index (χ4n) is 3.68. The van der Waals surface area contributed by atoms with E-state index in [0.717, 1.165) is 36.5 Å². The summed E-state index contributed by atoms with van der Waals surface area (Å²) in [7, 11) is -3.35. The van der Waals surface area contributed by atoms with Crippen molar-refractivity contribution in [2.75, 3.05) is 28.8 Å². The Bertz CT molecular complexity index is 823. The van der Waals surface area contributed by atoms with Crippen LogP contribution in [0.4, 0.5) is 11.5 Å². The Hall–Kier alpha value is -2.08. The highest BCUT2D eigenvalue weighted by Crippen LogP contribution is 2.33. The van der Waals surface area contributed by atoms with Crippen molar-refractivity contribution in [1.29, 1.82) is 0 Å². The number of anilines is 2. The molecule has 1 aromatic carbocycles. The number of hydrogen-bond donors (Lipinski definition) is 0. The van der Waals surface area contributed by atoms with E-state index in [2.05, 4.69) is 9.88 Å². The van der Waals surface area contributed by atoms with Crippen LogP contribution >= 0.6 is 0 Å². The van der Waals surface area contributed by atoms with Gasteiger partial charge in [-0.2, -0.15) is 0 Å². The minimum Gasteiger partial charge on any atom is -0.355 e. The number of pyridine rings is 1. The van der Waals surface area contributed by atoms with Crippen LogP contribution in [0.1, 0.15) is 18.4 Å². The molecule has 2 aliphatic heterocycles. The Balaban J connectivity index is 1.59. The smallest absolute Gasteiger partial charge is 0.239 e. The molecule has 2 aromatic rings. The van der Waals surface area contributed by atoms with Gasteiger partial charge in [0, 0.05) is 25.8 Å². The molecule has 0 bridgehead atoms. The molecule has 0 spiro atoms. The van der Waals surface area contributed by atoms with Gasteiger partial charge in [-0.1, -0.05) is 24.3 Å². The molecule has 126 valence electrons. The number of benzene rings is 1. The Morgan fingerprint density at radius 1 is 1.04 bits per heavy atom. The molecule has 0 saturated carbocycles. The van der Waals surface area contributed by atoms with E-state index in [-0.39, 0.29) is 5.25 Å². The zero-order chi connectivity index (χ0) is 16.6. The third-order valence-electron chi connectivity index (χ3n) is 4.92. The van der Waals surface area contributed by atoms with Crippen LogP contribution in [0, 0.1) is 0 Å². The fourth-order valence-corrected chi connectivity index (χ4v) is 5.67. The zero-order valence-electron chi connectivity index (χ0n) is 13.5. The standard InChI is InChI=1S/C18H21N3O2S/c22-24(23,21-13-10-15-6-1-2-8-17(15)21)16-7-5-12-20(14-16)18-9-3-4-11-19-18/h1-4,6,8-9,11,16H,5,7,10,12-14H2/t16-/m1/s1. The summed E-state index contributed by atoms with van der Waals surface area (Å²) in [6.45, 7) is 1.93. The first-order chi connectivity index (χ1) is 11.7. The lowest BCUT2D eigenvalue weighted by Gasteiger charge is -2.35. The van der Waals surface area contributed by atoms with Gasteiger partial charge in [0.1, 0.15) is 5.82 Å². The number of para-hydroxylation sites is 1. The molecule has 0 radical (unpaired) electrons. The molecule has 1 aromatic heterocycles. The third kappa shape index (κ3) is 2.65. The van der Waals surface area contributed by atoms with Crippen LogP contribution in [0.3, 0.4) is 0 Å². The molecule has 6 heteroatoms. The van der Waals surface area contributed by atoms with Crippen LogP contribution in [0.25, 0.3) is 0 Å². The Morgan fingerprint density at radius 2 is 1.88 bits per heavy atom. The molecule has 24 heavy (non-hydrogen) atoms. The van der Waals surface area contributed by atoms with Crippen LogP contribution < -0.4 is 9.21 Å². The first-order valence-electron chi connectivity index (χ1n) is 8.42. The summed E-state index contributed by atoms with van der Waals surface area (Å²) in [5.74, 6) is 0.860. The quantitative estimate of drug-likeness (QED) is 0.859. The second-order valence-electron chi connectivity index (χ2n) is 6.39. The van der Waals surface area contributed by atoms with Gasteiger partial charge in [-0.25, -0.2) is 13.4 Å². The van der Waals surface area contributed by atoms with Crippen molar-refractivity contribution in [2.24, 2.45) is 0 Å².